The Morgan fingerprint density at radius 2 is 1.63 bits per heavy atom. The molecule has 2 fully saturated rings. The zero-order valence-electron chi connectivity index (χ0n) is 20.6. The van der Waals surface area contributed by atoms with E-state index in [1.807, 2.05) is 11.0 Å². The van der Waals surface area contributed by atoms with Gasteiger partial charge in [0.15, 0.2) is 0 Å². The summed E-state index contributed by atoms with van der Waals surface area (Å²) in [4.78, 5) is 34.6. The van der Waals surface area contributed by atoms with E-state index < -0.39 is 0 Å². The molecule has 2 atom stereocenters. The number of pyridine rings is 1. The Labute approximate surface area is 211 Å². The van der Waals surface area contributed by atoms with E-state index >= 15 is 0 Å². The first-order valence-corrected chi connectivity index (χ1v) is 14.4. The van der Waals surface area contributed by atoms with Gasteiger partial charge in [-0.25, -0.2) is 9.78 Å². The van der Waals surface area contributed by atoms with Crippen LogP contribution in [-0.2, 0) is 0 Å². The van der Waals surface area contributed by atoms with Crippen LogP contribution >= 0.6 is 11.3 Å². The standard InChI is InChI=1S/C27H38N4O3S/c32-20-14-8-4-7-12-19(13-9-15-20)31-21-16-17-28-26-22(21)23(30-27(31)34)24(35-26)25(33)29-18-10-5-2-1-3-6-11-18/h16-20,32H,1-15H2,(H,29,33)(H,30,34). The number of aromatic nitrogens is 1. The third-order valence-corrected chi connectivity index (χ3v) is 9.04. The first kappa shape index (κ1) is 24.5. The maximum absolute atomic E-state index is 13.5. The molecule has 7 nitrogen and oxygen atoms in total. The molecule has 0 radical (unpaired) electrons. The van der Waals surface area contributed by atoms with E-state index in [1.165, 1.54) is 30.6 Å². The van der Waals surface area contributed by atoms with E-state index in [2.05, 4.69) is 15.6 Å². The molecule has 2 aromatic rings. The predicted molar refractivity (Wildman–Crippen MR) is 141 cm³/mol. The molecule has 3 heterocycles. The van der Waals surface area contributed by atoms with Crippen LogP contribution in [0, 0.1) is 0 Å². The minimum atomic E-state index is -0.237. The molecule has 8 heteroatoms. The highest BCUT2D eigenvalue weighted by Crippen LogP contribution is 2.45. The molecule has 5 rings (SSSR count). The molecule has 0 spiro atoms. The summed E-state index contributed by atoms with van der Waals surface area (Å²) in [6.07, 6.45) is 17.1. The Balaban J connectivity index is 1.41. The molecule has 2 aliphatic carbocycles. The summed E-state index contributed by atoms with van der Waals surface area (Å²) in [5, 5.41) is 17.4. The van der Waals surface area contributed by atoms with Crippen molar-refractivity contribution in [2.24, 2.45) is 0 Å². The van der Waals surface area contributed by atoms with E-state index in [0.717, 1.165) is 93.0 Å². The Hall–Kier alpha value is -2.19. The highest BCUT2D eigenvalue weighted by atomic mass is 32.1. The molecule has 190 valence electrons. The van der Waals surface area contributed by atoms with Crippen molar-refractivity contribution in [2.75, 3.05) is 10.2 Å². The van der Waals surface area contributed by atoms with Gasteiger partial charge in [0.25, 0.3) is 5.91 Å². The number of thiophene rings is 1. The van der Waals surface area contributed by atoms with E-state index in [-0.39, 0.29) is 30.1 Å². The Kier molecular flexibility index (Phi) is 7.88. The van der Waals surface area contributed by atoms with E-state index in [0.29, 0.717) is 10.6 Å². The third kappa shape index (κ3) is 5.48. The van der Waals surface area contributed by atoms with Crippen molar-refractivity contribution in [3.63, 3.8) is 0 Å². The number of hydrogen-bond acceptors (Lipinski definition) is 5. The lowest BCUT2D eigenvalue weighted by molar-refractivity contribution is 0.0935. The average Bonchev–Trinajstić information content (AvgIpc) is 3.19. The highest BCUT2D eigenvalue weighted by Gasteiger charge is 2.35. The summed E-state index contributed by atoms with van der Waals surface area (Å²) in [6.45, 7) is 0. The fraction of sp³-hybridized carbons (Fsp3) is 0.667. The molecular weight excluding hydrogens is 460 g/mol. The number of aliphatic hydroxyl groups excluding tert-OH is 1. The smallest absolute Gasteiger partial charge is 0.326 e. The minimum absolute atomic E-state index is 0.0751. The topological polar surface area (TPSA) is 94.6 Å². The number of aliphatic hydroxyl groups is 1. The van der Waals surface area contributed by atoms with Gasteiger partial charge < -0.3 is 15.7 Å². The monoisotopic (exact) mass is 498 g/mol. The molecule has 2 aromatic heterocycles. The third-order valence-electron chi connectivity index (χ3n) is 7.94. The summed E-state index contributed by atoms with van der Waals surface area (Å²) in [5.41, 5.74) is 1.48. The van der Waals surface area contributed by atoms with Crippen molar-refractivity contribution >= 4 is 44.9 Å². The molecule has 2 saturated carbocycles. The molecule has 3 aliphatic rings. The molecule has 1 aliphatic heterocycles. The van der Waals surface area contributed by atoms with Gasteiger partial charge >= 0.3 is 6.03 Å². The Morgan fingerprint density at radius 1 is 0.971 bits per heavy atom. The van der Waals surface area contributed by atoms with Crippen LogP contribution in [0.5, 0.6) is 0 Å². The average molecular weight is 499 g/mol. The lowest BCUT2D eigenvalue weighted by atomic mass is 9.94. The quantitative estimate of drug-likeness (QED) is 0.459. The number of nitrogens with one attached hydrogen (secondary N) is 2. The van der Waals surface area contributed by atoms with Crippen LogP contribution in [-0.4, -0.2) is 40.2 Å². The molecule has 0 aromatic carbocycles. The van der Waals surface area contributed by atoms with Gasteiger partial charge in [0.1, 0.15) is 9.71 Å². The van der Waals surface area contributed by atoms with Gasteiger partial charge in [0.05, 0.1) is 22.9 Å². The maximum Gasteiger partial charge on any atom is 0.326 e. The molecule has 3 amide bonds. The second-order valence-corrected chi connectivity index (χ2v) is 11.5. The number of hydrogen-bond donors (Lipinski definition) is 3. The van der Waals surface area contributed by atoms with Gasteiger partial charge in [-0.1, -0.05) is 51.4 Å². The summed E-state index contributed by atoms with van der Waals surface area (Å²) >= 11 is 1.38. The number of carbonyl (C=O) groups is 2. The maximum atomic E-state index is 13.5. The lowest BCUT2D eigenvalue weighted by Gasteiger charge is -2.36. The summed E-state index contributed by atoms with van der Waals surface area (Å²) < 4.78 is 0. The van der Waals surface area contributed by atoms with Crippen LogP contribution in [0.2, 0.25) is 0 Å². The number of nitrogens with zero attached hydrogens (tertiary/aromatic N) is 2. The van der Waals surface area contributed by atoms with Gasteiger partial charge in [-0.2, -0.15) is 0 Å². The first-order valence-electron chi connectivity index (χ1n) is 13.6. The van der Waals surface area contributed by atoms with Crippen molar-refractivity contribution in [1.29, 1.82) is 0 Å². The zero-order valence-corrected chi connectivity index (χ0v) is 21.4. The van der Waals surface area contributed by atoms with Crippen LogP contribution < -0.4 is 15.5 Å². The number of anilines is 2. The molecule has 35 heavy (non-hydrogen) atoms. The molecule has 0 saturated heterocycles. The second-order valence-electron chi connectivity index (χ2n) is 10.5. The fourth-order valence-electron chi connectivity index (χ4n) is 6.05. The number of rotatable bonds is 3. The van der Waals surface area contributed by atoms with E-state index in [9.17, 15) is 14.7 Å². The summed E-state index contributed by atoms with van der Waals surface area (Å²) in [7, 11) is 0. The molecular formula is C27H38N4O3S. The molecule has 2 unspecified atom stereocenters. The summed E-state index contributed by atoms with van der Waals surface area (Å²) in [6, 6.07) is 2.03. The van der Waals surface area contributed by atoms with Gasteiger partial charge in [0.2, 0.25) is 0 Å². The minimum Gasteiger partial charge on any atom is -0.393 e. The van der Waals surface area contributed by atoms with Gasteiger partial charge in [-0.05, 0) is 51.0 Å². The van der Waals surface area contributed by atoms with E-state index in [1.54, 1.807) is 6.20 Å². The van der Waals surface area contributed by atoms with Crippen LogP contribution in [0.4, 0.5) is 16.2 Å². The van der Waals surface area contributed by atoms with Crippen molar-refractivity contribution < 1.29 is 14.7 Å². The van der Waals surface area contributed by atoms with Crippen LogP contribution in [0.15, 0.2) is 12.3 Å². The normalized spacial score (nSPS) is 24.9. The Morgan fingerprint density at radius 3 is 2.46 bits per heavy atom. The molecule has 3 N–H and O–H groups in total. The van der Waals surface area contributed by atoms with Gasteiger partial charge in [0, 0.05) is 18.3 Å². The van der Waals surface area contributed by atoms with Crippen molar-refractivity contribution in [1.82, 2.24) is 10.3 Å². The molecule has 0 bridgehead atoms. The predicted octanol–water partition coefficient (Wildman–Crippen LogP) is 6.35. The fourth-order valence-corrected chi connectivity index (χ4v) is 7.07. The number of amides is 3. The summed E-state index contributed by atoms with van der Waals surface area (Å²) in [5.74, 6) is -0.0963. The Bertz CT molecular complexity index is 1050. The van der Waals surface area contributed by atoms with Gasteiger partial charge in [-0.3, -0.25) is 9.69 Å². The van der Waals surface area contributed by atoms with Crippen LogP contribution in [0.3, 0.4) is 0 Å². The largest absolute Gasteiger partial charge is 0.393 e. The SMILES string of the molecule is O=C(NC1CCCCCCC1)c1sc2nccc3c2c1NC(=O)N3C1CCCCCC(O)CCC1. The van der Waals surface area contributed by atoms with Crippen LogP contribution in [0.1, 0.15) is 106 Å². The van der Waals surface area contributed by atoms with Crippen molar-refractivity contribution in [3.05, 3.63) is 17.1 Å². The number of carbonyl (C=O) groups excluding carboxylic acids is 2. The van der Waals surface area contributed by atoms with E-state index in [4.69, 9.17) is 0 Å². The number of urea groups is 1. The first-order chi connectivity index (χ1) is 17.1. The van der Waals surface area contributed by atoms with Crippen molar-refractivity contribution in [3.8, 4) is 0 Å². The van der Waals surface area contributed by atoms with Gasteiger partial charge in [-0.15, -0.1) is 11.3 Å². The van der Waals surface area contributed by atoms with Crippen molar-refractivity contribution in [2.45, 2.75) is 114 Å². The van der Waals surface area contributed by atoms with Crippen LogP contribution in [0.25, 0.3) is 10.2 Å². The highest BCUT2D eigenvalue weighted by molar-refractivity contribution is 7.21. The zero-order chi connectivity index (χ0) is 24.2. The lowest BCUT2D eigenvalue weighted by Crippen LogP contribution is -2.45. The second kappa shape index (κ2) is 11.2.